The second-order valence-corrected chi connectivity index (χ2v) is 5.58. The summed E-state index contributed by atoms with van der Waals surface area (Å²) in [6.45, 7) is 4.88. The molecule has 0 aromatic carbocycles. The molecule has 0 aliphatic rings. The van der Waals surface area contributed by atoms with Gasteiger partial charge in [0, 0.05) is 17.5 Å². The number of hydrogen-bond acceptors (Lipinski definition) is 2. The molecule has 0 fully saturated rings. The van der Waals surface area contributed by atoms with Gasteiger partial charge in [0.05, 0.1) is 0 Å². The quantitative estimate of drug-likeness (QED) is 0.591. The minimum Gasteiger partial charge on any atom is -0.352 e. The third kappa shape index (κ3) is 7.07. The zero-order chi connectivity index (χ0) is 13.2. The Morgan fingerprint density at radius 2 is 2.28 bits per heavy atom. The fourth-order valence-electron chi connectivity index (χ4n) is 1.36. The maximum atomic E-state index is 11.3. The van der Waals surface area contributed by atoms with E-state index in [-0.39, 0.29) is 5.91 Å². The van der Waals surface area contributed by atoms with E-state index >= 15 is 0 Å². The van der Waals surface area contributed by atoms with E-state index in [1.807, 2.05) is 6.08 Å². The smallest absolute Gasteiger partial charge is 0.243 e. The molecule has 1 rings (SSSR count). The summed E-state index contributed by atoms with van der Waals surface area (Å²) in [5.41, 5.74) is 0. The third-order valence-corrected chi connectivity index (χ3v) is 3.25. The lowest BCUT2D eigenvalue weighted by molar-refractivity contribution is -0.116. The van der Waals surface area contributed by atoms with Gasteiger partial charge in [-0.3, -0.25) is 4.79 Å². The molecule has 1 aromatic heterocycles. The lowest BCUT2D eigenvalue weighted by atomic mass is 10.2. The molecule has 0 atom stereocenters. The average Bonchev–Trinajstić information content (AvgIpc) is 2.84. The number of allylic oxidation sites excluding steroid dienone is 3. The highest BCUT2D eigenvalue weighted by Crippen LogP contribution is 2.10. The predicted molar refractivity (Wildman–Crippen MR) is 78.8 cm³/mol. The summed E-state index contributed by atoms with van der Waals surface area (Å²) in [6.07, 6.45) is 9.47. The summed E-state index contributed by atoms with van der Waals surface area (Å²) in [5.74, 6) is 0.468. The van der Waals surface area contributed by atoms with Gasteiger partial charge < -0.3 is 5.32 Å². The van der Waals surface area contributed by atoms with Crippen molar-refractivity contribution in [3.63, 3.8) is 0 Å². The molecule has 0 saturated carbocycles. The number of thiophene rings is 1. The Labute approximate surface area is 113 Å². The van der Waals surface area contributed by atoms with E-state index in [0.29, 0.717) is 5.92 Å². The molecule has 0 aliphatic heterocycles. The van der Waals surface area contributed by atoms with Gasteiger partial charge >= 0.3 is 0 Å². The van der Waals surface area contributed by atoms with Gasteiger partial charge in [-0.25, -0.2) is 0 Å². The number of carbonyl (C=O) groups is 1. The monoisotopic (exact) mass is 263 g/mol. The van der Waals surface area contributed by atoms with Crippen LogP contribution in [0.1, 0.15) is 25.1 Å². The zero-order valence-corrected chi connectivity index (χ0v) is 11.9. The first-order chi connectivity index (χ1) is 8.68. The number of carbonyl (C=O) groups excluding carboxylic acids is 1. The number of hydrogen-bond donors (Lipinski definition) is 1. The van der Waals surface area contributed by atoms with Crippen molar-refractivity contribution in [1.82, 2.24) is 5.32 Å². The van der Waals surface area contributed by atoms with Gasteiger partial charge in [-0.05, 0) is 30.2 Å². The Morgan fingerprint density at radius 3 is 2.94 bits per heavy atom. The van der Waals surface area contributed by atoms with Gasteiger partial charge in [-0.1, -0.05) is 38.1 Å². The summed E-state index contributed by atoms with van der Waals surface area (Å²) in [4.78, 5) is 12.7. The highest BCUT2D eigenvalue weighted by Gasteiger charge is 1.95. The van der Waals surface area contributed by atoms with E-state index in [9.17, 15) is 4.79 Å². The molecule has 1 aromatic rings. The van der Waals surface area contributed by atoms with Crippen LogP contribution in [0.15, 0.2) is 41.8 Å². The van der Waals surface area contributed by atoms with Crippen LogP contribution < -0.4 is 5.32 Å². The second kappa shape index (κ2) is 8.70. The SMILES string of the molecule is CC(C)CNC(=O)/C=C/C=CCCc1cccs1. The van der Waals surface area contributed by atoms with Gasteiger partial charge in [0.2, 0.25) is 5.91 Å². The van der Waals surface area contributed by atoms with E-state index in [1.54, 1.807) is 23.5 Å². The minimum absolute atomic E-state index is 0.0217. The summed E-state index contributed by atoms with van der Waals surface area (Å²) in [5, 5.41) is 4.93. The lowest BCUT2D eigenvalue weighted by Gasteiger charge is -2.03. The molecule has 98 valence electrons. The van der Waals surface area contributed by atoms with Crippen molar-refractivity contribution < 1.29 is 4.79 Å². The van der Waals surface area contributed by atoms with Crippen molar-refractivity contribution in [2.75, 3.05) is 6.54 Å². The average molecular weight is 263 g/mol. The molecule has 0 saturated heterocycles. The maximum absolute atomic E-state index is 11.3. The fourth-order valence-corrected chi connectivity index (χ4v) is 2.09. The van der Waals surface area contributed by atoms with E-state index in [4.69, 9.17) is 0 Å². The summed E-state index contributed by atoms with van der Waals surface area (Å²) >= 11 is 1.78. The molecule has 0 aliphatic carbocycles. The Hall–Kier alpha value is -1.35. The van der Waals surface area contributed by atoms with E-state index in [0.717, 1.165) is 19.4 Å². The topological polar surface area (TPSA) is 29.1 Å². The van der Waals surface area contributed by atoms with Crippen LogP contribution in [-0.4, -0.2) is 12.5 Å². The molecule has 3 heteroatoms. The van der Waals surface area contributed by atoms with Gasteiger partial charge in [0.25, 0.3) is 0 Å². The van der Waals surface area contributed by atoms with Crippen molar-refractivity contribution in [2.45, 2.75) is 26.7 Å². The van der Waals surface area contributed by atoms with E-state index in [2.05, 4.69) is 42.8 Å². The highest BCUT2D eigenvalue weighted by atomic mass is 32.1. The van der Waals surface area contributed by atoms with Crippen LogP contribution in [0.4, 0.5) is 0 Å². The van der Waals surface area contributed by atoms with Crippen molar-refractivity contribution >= 4 is 17.2 Å². The van der Waals surface area contributed by atoms with Crippen molar-refractivity contribution in [1.29, 1.82) is 0 Å². The number of amides is 1. The van der Waals surface area contributed by atoms with Crippen LogP contribution in [0.3, 0.4) is 0 Å². The summed E-state index contributed by atoms with van der Waals surface area (Å²) < 4.78 is 0. The second-order valence-electron chi connectivity index (χ2n) is 4.54. The molecule has 0 bridgehead atoms. The Bertz CT molecular complexity index is 391. The van der Waals surface area contributed by atoms with Crippen LogP contribution in [0.25, 0.3) is 0 Å². The number of nitrogens with one attached hydrogen (secondary N) is 1. The van der Waals surface area contributed by atoms with Crippen LogP contribution in [0.2, 0.25) is 0 Å². The normalized spacial score (nSPS) is 11.7. The van der Waals surface area contributed by atoms with Crippen LogP contribution in [-0.2, 0) is 11.2 Å². The number of rotatable bonds is 7. The predicted octanol–water partition coefficient (Wildman–Crippen LogP) is 3.57. The molecule has 0 radical (unpaired) electrons. The molecule has 18 heavy (non-hydrogen) atoms. The van der Waals surface area contributed by atoms with Gasteiger partial charge in [-0.2, -0.15) is 0 Å². The van der Waals surface area contributed by atoms with Crippen molar-refractivity contribution in [3.05, 3.63) is 46.7 Å². The third-order valence-electron chi connectivity index (χ3n) is 2.32. The maximum Gasteiger partial charge on any atom is 0.243 e. The van der Waals surface area contributed by atoms with Crippen LogP contribution >= 0.6 is 11.3 Å². The zero-order valence-electron chi connectivity index (χ0n) is 11.1. The summed E-state index contributed by atoms with van der Waals surface area (Å²) in [6, 6.07) is 4.22. The summed E-state index contributed by atoms with van der Waals surface area (Å²) in [7, 11) is 0. The standard InChI is InChI=1S/C15H21NOS/c1-13(2)12-16-15(17)10-6-4-3-5-8-14-9-7-11-18-14/h3-4,6-7,9-11,13H,5,8,12H2,1-2H3,(H,16,17)/b4-3?,10-6+. The molecule has 1 heterocycles. The Morgan fingerprint density at radius 1 is 1.44 bits per heavy atom. The largest absolute Gasteiger partial charge is 0.352 e. The van der Waals surface area contributed by atoms with Crippen LogP contribution in [0, 0.1) is 5.92 Å². The molecule has 1 amide bonds. The Kier molecular flexibility index (Phi) is 7.11. The minimum atomic E-state index is -0.0217. The molecular formula is C15H21NOS. The molecule has 2 nitrogen and oxygen atoms in total. The Balaban J connectivity index is 2.13. The molecule has 1 N–H and O–H groups in total. The highest BCUT2D eigenvalue weighted by molar-refractivity contribution is 7.09. The van der Waals surface area contributed by atoms with Gasteiger partial charge in [0.15, 0.2) is 0 Å². The van der Waals surface area contributed by atoms with E-state index < -0.39 is 0 Å². The van der Waals surface area contributed by atoms with Crippen LogP contribution in [0.5, 0.6) is 0 Å². The first-order valence-electron chi connectivity index (χ1n) is 6.32. The lowest BCUT2D eigenvalue weighted by Crippen LogP contribution is -2.25. The van der Waals surface area contributed by atoms with Gasteiger partial charge in [-0.15, -0.1) is 11.3 Å². The first kappa shape index (κ1) is 14.7. The number of aryl methyl sites for hydroxylation is 1. The van der Waals surface area contributed by atoms with Gasteiger partial charge in [0.1, 0.15) is 0 Å². The molecule has 0 spiro atoms. The molecular weight excluding hydrogens is 242 g/mol. The van der Waals surface area contributed by atoms with Crippen molar-refractivity contribution in [3.8, 4) is 0 Å². The van der Waals surface area contributed by atoms with Crippen molar-refractivity contribution in [2.24, 2.45) is 5.92 Å². The first-order valence-corrected chi connectivity index (χ1v) is 7.20. The fraction of sp³-hybridized carbons (Fsp3) is 0.400. The molecule has 0 unspecified atom stereocenters. The van der Waals surface area contributed by atoms with E-state index in [1.165, 1.54) is 4.88 Å².